The quantitative estimate of drug-likeness (QED) is 0.501. The van der Waals surface area contributed by atoms with Crippen LogP contribution in [0.4, 0.5) is 5.69 Å². The molecule has 2 heterocycles. The van der Waals surface area contributed by atoms with Crippen LogP contribution in [0.3, 0.4) is 0 Å². The second kappa shape index (κ2) is 6.96. The van der Waals surface area contributed by atoms with E-state index in [1.54, 1.807) is 25.1 Å². The molecule has 2 aromatic carbocycles. The molecule has 0 spiro atoms. The van der Waals surface area contributed by atoms with E-state index in [1.165, 1.54) is 6.07 Å². The number of carbonyl (C=O) groups excluding carboxylic acids is 1. The van der Waals surface area contributed by atoms with Crippen molar-refractivity contribution in [3.05, 3.63) is 69.0 Å². The number of carbonyl (C=O) groups is 1. The maximum absolute atomic E-state index is 12.3. The molecule has 0 saturated heterocycles. The van der Waals surface area contributed by atoms with Crippen molar-refractivity contribution in [2.24, 2.45) is 0 Å². The number of benzene rings is 2. The highest BCUT2D eigenvalue weighted by Crippen LogP contribution is 2.34. The van der Waals surface area contributed by atoms with Crippen molar-refractivity contribution in [1.29, 1.82) is 0 Å². The molecule has 4 rings (SSSR count). The van der Waals surface area contributed by atoms with Gasteiger partial charge >= 0.3 is 11.6 Å². The molecule has 0 saturated carbocycles. The van der Waals surface area contributed by atoms with Crippen LogP contribution in [0.1, 0.15) is 22.8 Å². The van der Waals surface area contributed by atoms with E-state index in [1.807, 2.05) is 23.1 Å². The third-order valence-electron chi connectivity index (χ3n) is 4.37. The minimum Gasteiger partial charge on any atom is -0.473 e. The Balaban J connectivity index is 1.76. The van der Waals surface area contributed by atoms with Crippen LogP contribution < -0.4 is 15.3 Å². The van der Waals surface area contributed by atoms with Gasteiger partial charge in [-0.25, -0.2) is 9.59 Å². The molecule has 0 fully saturated rings. The van der Waals surface area contributed by atoms with E-state index in [0.717, 1.165) is 11.3 Å². The lowest BCUT2D eigenvalue weighted by Gasteiger charge is -2.31. The zero-order valence-electron chi connectivity index (χ0n) is 14.5. The Bertz CT molecular complexity index is 1070. The molecule has 27 heavy (non-hydrogen) atoms. The van der Waals surface area contributed by atoms with Crippen LogP contribution in [0.2, 0.25) is 5.02 Å². The molecule has 0 aliphatic carbocycles. The molecular weight excluding hydrogens is 370 g/mol. The van der Waals surface area contributed by atoms with Gasteiger partial charge in [0.1, 0.15) is 16.9 Å². The Morgan fingerprint density at radius 1 is 1.22 bits per heavy atom. The van der Waals surface area contributed by atoms with Crippen LogP contribution >= 0.6 is 11.6 Å². The first kappa shape index (κ1) is 17.4. The number of nitrogens with zero attached hydrogens (tertiary/aromatic N) is 1. The normalized spacial score (nSPS) is 13.2. The molecule has 0 radical (unpaired) electrons. The molecule has 138 valence electrons. The predicted molar refractivity (Wildman–Crippen MR) is 102 cm³/mol. The Kier molecular flexibility index (Phi) is 4.49. The smallest absolute Gasteiger partial charge is 0.351 e. The molecule has 1 aliphatic rings. The Labute approximate surface area is 159 Å². The van der Waals surface area contributed by atoms with E-state index < -0.39 is 11.6 Å². The monoisotopic (exact) mass is 385 g/mol. The number of halogens is 1. The summed E-state index contributed by atoms with van der Waals surface area (Å²) >= 11 is 5.95. The minimum atomic E-state index is -0.724. The zero-order chi connectivity index (χ0) is 19.0. The molecule has 0 atom stereocenters. The topological polar surface area (TPSA) is 69.0 Å². The molecular formula is C20H16ClNO5. The molecule has 7 heteroatoms. The Morgan fingerprint density at radius 2 is 2.00 bits per heavy atom. The van der Waals surface area contributed by atoms with Crippen molar-refractivity contribution < 1.29 is 18.7 Å². The number of anilines is 1. The molecule has 0 N–H and O–H groups in total. The third kappa shape index (κ3) is 3.24. The van der Waals surface area contributed by atoms with Gasteiger partial charge in [0.05, 0.1) is 18.7 Å². The largest absolute Gasteiger partial charge is 0.473 e. The zero-order valence-corrected chi connectivity index (χ0v) is 15.3. The van der Waals surface area contributed by atoms with E-state index in [0.29, 0.717) is 35.0 Å². The van der Waals surface area contributed by atoms with E-state index in [4.69, 9.17) is 25.5 Å². The van der Waals surface area contributed by atoms with Gasteiger partial charge in [-0.3, -0.25) is 0 Å². The van der Waals surface area contributed by atoms with Crippen molar-refractivity contribution in [2.45, 2.75) is 13.5 Å². The molecule has 3 aromatic rings. The highest BCUT2D eigenvalue weighted by molar-refractivity contribution is 6.30. The number of ether oxygens (including phenoxy) is 2. The minimum absolute atomic E-state index is 0.115. The summed E-state index contributed by atoms with van der Waals surface area (Å²) in [5.74, 6) is -0.0374. The van der Waals surface area contributed by atoms with Crippen LogP contribution in [-0.4, -0.2) is 19.3 Å². The second-order valence-corrected chi connectivity index (χ2v) is 6.51. The van der Waals surface area contributed by atoms with Gasteiger partial charge in [-0.05, 0) is 49.4 Å². The average molecular weight is 386 g/mol. The van der Waals surface area contributed by atoms with E-state index in [9.17, 15) is 9.59 Å². The summed E-state index contributed by atoms with van der Waals surface area (Å²) in [5, 5.41) is 1.29. The fourth-order valence-corrected chi connectivity index (χ4v) is 3.19. The summed E-state index contributed by atoms with van der Waals surface area (Å²) in [7, 11) is 0. The lowest BCUT2D eigenvalue weighted by atomic mass is 10.1. The first-order chi connectivity index (χ1) is 13.1. The number of hydrogen-bond acceptors (Lipinski definition) is 6. The summed E-state index contributed by atoms with van der Waals surface area (Å²) in [6.45, 7) is 2.73. The van der Waals surface area contributed by atoms with Crippen LogP contribution in [-0.2, 0) is 11.3 Å². The van der Waals surface area contributed by atoms with Crippen LogP contribution in [0.25, 0.3) is 11.0 Å². The number of fused-ring (bicyclic) bond motifs is 3. The van der Waals surface area contributed by atoms with E-state index >= 15 is 0 Å². The van der Waals surface area contributed by atoms with E-state index in [-0.39, 0.29) is 12.2 Å². The maximum Gasteiger partial charge on any atom is 0.351 e. The van der Waals surface area contributed by atoms with Gasteiger partial charge in [0.25, 0.3) is 0 Å². The molecule has 1 aliphatic heterocycles. The average Bonchev–Trinajstić information content (AvgIpc) is 2.68. The van der Waals surface area contributed by atoms with E-state index in [2.05, 4.69) is 0 Å². The second-order valence-electron chi connectivity index (χ2n) is 6.08. The van der Waals surface area contributed by atoms with Crippen molar-refractivity contribution in [3.63, 3.8) is 0 Å². The summed E-state index contributed by atoms with van der Waals surface area (Å²) < 4.78 is 16.2. The Morgan fingerprint density at radius 3 is 2.74 bits per heavy atom. The first-order valence-electron chi connectivity index (χ1n) is 8.47. The standard InChI is InChI=1S/C20H16ClNO5/c1-2-25-19(23)15-9-12-3-8-17-16(18(12)27-20(15)24)10-22(11-26-17)14-6-4-13(21)5-7-14/h3-9H,2,10-11H2,1H3. The van der Waals surface area contributed by atoms with Crippen LogP contribution in [0.5, 0.6) is 5.75 Å². The molecule has 1 aromatic heterocycles. The van der Waals surface area contributed by atoms with Gasteiger partial charge < -0.3 is 18.8 Å². The molecule has 0 bridgehead atoms. The van der Waals surface area contributed by atoms with Gasteiger partial charge in [-0.15, -0.1) is 0 Å². The van der Waals surface area contributed by atoms with Crippen molar-refractivity contribution in [2.75, 3.05) is 18.2 Å². The SMILES string of the molecule is CCOC(=O)c1cc2ccc3c(c2oc1=O)CN(c1ccc(Cl)cc1)CO3. The Hall–Kier alpha value is -2.99. The summed E-state index contributed by atoms with van der Waals surface area (Å²) in [6.07, 6.45) is 0. The number of hydrogen-bond donors (Lipinski definition) is 0. The highest BCUT2D eigenvalue weighted by atomic mass is 35.5. The fourth-order valence-electron chi connectivity index (χ4n) is 3.06. The van der Waals surface area contributed by atoms with Crippen molar-refractivity contribution in [3.8, 4) is 5.75 Å². The maximum atomic E-state index is 12.3. The lowest BCUT2D eigenvalue weighted by molar-refractivity contribution is 0.0522. The van der Waals surface area contributed by atoms with Crippen molar-refractivity contribution >= 4 is 34.2 Å². The van der Waals surface area contributed by atoms with Gasteiger partial charge in [0.15, 0.2) is 6.73 Å². The molecule has 0 unspecified atom stereocenters. The molecule has 0 amide bonds. The number of esters is 1. The van der Waals surface area contributed by atoms with Gasteiger partial charge in [0, 0.05) is 16.1 Å². The summed E-state index contributed by atoms with van der Waals surface area (Å²) in [5.41, 5.74) is 1.26. The number of rotatable bonds is 3. The lowest BCUT2D eigenvalue weighted by Crippen LogP contribution is -2.32. The van der Waals surface area contributed by atoms with Gasteiger partial charge in [0.2, 0.25) is 0 Å². The summed E-state index contributed by atoms with van der Waals surface area (Å²) in [4.78, 5) is 26.2. The third-order valence-corrected chi connectivity index (χ3v) is 4.63. The fraction of sp³-hybridized carbons (Fsp3) is 0.200. The summed E-state index contributed by atoms with van der Waals surface area (Å²) in [6, 6.07) is 12.5. The van der Waals surface area contributed by atoms with Crippen LogP contribution in [0.15, 0.2) is 51.7 Å². The van der Waals surface area contributed by atoms with Crippen molar-refractivity contribution in [1.82, 2.24) is 0 Å². The van der Waals surface area contributed by atoms with Crippen LogP contribution in [0, 0.1) is 0 Å². The predicted octanol–water partition coefficient (Wildman–Crippen LogP) is 3.98. The highest BCUT2D eigenvalue weighted by Gasteiger charge is 2.23. The van der Waals surface area contributed by atoms with Gasteiger partial charge in [-0.1, -0.05) is 11.6 Å². The first-order valence-corrected chi connectivity index (χ1v) is 8.85. The van der Waals surface area contributed by atoms with Gasteiger partial charge in [-0.2, -0.15) is 0 Å². The molecule has 6 nitrogen and oxygen atoms in total.